The van der Waals surface area contributed by atoms with Crippen LogP contribution in [-0.2, 0) is 17.1 Å². The smallest absolute Gasteiger partial charge is 0.230 e. The number of amides is 1. The predicted molar refractivity (Wildman–Crippen MR) is 85.5 cm³/mol. The molecule has 5 heteroatoms. The molecule has 1 amide bonds. The fourth-order valence-electron chi connectivity index (χ4n) is 1.91. The van der Waals surface area contributed by atoms with Gasteiger partial charge in [0.1, 0.15) is 11.6 Å². The molecule has 0 fully saturated rings. The van der Waals surface area contributed by atoms with Crippen molar-refractivity contribution in [2.75, 3.05) is 5.75 Å². The van der Waals surface area contributed by atoms with Gasteiger partial charge in [0.25, 0.3) is 0 Å². The highest BCUT2D eigenvalue weighted by Crippen LogP contribution is 2.13. The Morgan fingerprint density at radius 2 is 1.77 bits per heavy atom. The van der Waals surface area contributed by atoms with Crippen molar-refractivity contribution in [2.24, 2.45) is 0 Å². The maximum absolute atomic E-state index is 13.1. The number of carbonyl (C=O) groups is 1. The molecule has 0 saturated carbocycles. The molecule has 0 unspecified atom stereocenters. The minimum atomic E-state index is -0.263. The van der Waals surface area contributed by atoms with E-state index in [0.29, 0.717) is 23.6 Å². The van der Waals surface area contributed by atoms with Crippen LogP contribution >= 0.6 is 11.8 Å². The SMILES string of the molecule is Cc1cc(CNC(=O)CSCc2ccc(F)cc2)ccc1F. The van der Waals surface area contributed by atoms with Gasteiger partial charge < -0.3 is 5.32 Å². The van der Waals surface area contributed by atoms with Crippen LogP contribution in [0.4, 0.5) is 8.78 Å². The molecule has 0 aliphatic heterocycles. The molecule has 2 aromatic carbocycles. The summed E-state index contributed by atoms with van der Waals surface area (Å²) in [5.74, 6) is 0.404. The summed E-state index contributed by atoms with van der Waals surface area (Å²) in [4.78, 5) is 11.7. The third-order valence-corrected chi connectivity index (χ3v) is 4.13. The standard InChI is InChI=1S/C17H17F2NOS/c1-12-8-14(4-7-16(12)19)9-20-17(21)11-22-10-13-2-5-15(18)6-3-13/h2-8H,9-11H2,1H3,(H,20,21). The van der Waals surface area contributed by atoms with Crippen LogP contribution in [0.1, 0.15) is 16.7 Å². The number of benzene rings is 2. The Labute approximate surface area is 132 Å². The lowest BCUT2D eigenvalue weighted by atomic mass is 10.1. The second kappa shape index (κ2) is 7.94. The number of nitrogens with one attached hydrogen (secondary N) is 1. The minimum Gasteiger partial charge on any atom is -0.351 e. The third kappa shape index (κ3) is 5.15. The molecule has 2 aromatic rings. The lowest BCUT2D eigenvalue weighted by molar-refractivity contribution is -0.118. The van der Waals surface area contributed by atoms with Gasteiger partial charge in [-0.15, -0.1) is 11.8 Å². The molecule has 0 atom stereocenters. The zero-order valence-corrected chi connectivity index (χ0v) is 13.1. The van der Waals surface area contributed by atoms with Crippen LogP contribution in [0.25, 0.3) is 0 Å². The van der Waals surface area contributed by atoms with E-state index in [2.05, 4.69) is 5.32 Å². The topological polar surface area (TPSA) is 29.1 Å². The van der Waals surface area contributed by atoms with Gasteiger partial charge in [0.15, 0.2) is 0 Å². The van der Waals surface area contributed by atoms with Crippen molar-refractivity contribution in [2.45, 2.75) is 19.2 Å². The third-order valence-electron chi connectivity index (χ3n) is 3.13. The average Bonchev–Trinajstić information content (AvgIpc) is 2.50. The van der Waals surface area contributed by atoms with E-state index in [1.165, 1.54) is 30.0 Å². The average molecular weight is 321 g/mol. The van der Waals surface area contributed by atoms with Gasteiger partial charge in [0, 0.05) is 12.3 Å². The number of rotatable bonds is 6. The number of halogens is 2. The summed E-state index contributed by atoms with van der Waals surface area (Å²) in [5, 5.41) is 2.80. The molecule has 2 nitrogen and oxygen atoms in total. The quantitative estimate of drug-likeness (QED) is 0.876. The summed E-state index contributed by atoms with van der Waals surface area (Å²) in [7, 11) is 0. The van der Waals surface area contributed by atoms with E-state index < -0.39 is 0 Å². The number of thioether (sulfide) groups is 1. The first-order chi connectivity index (χ1) is 10.5. The maximum atomic E-state index is 13.1. The van der Waals surface area contributed by atoms with Crippen molar-refractivity contribution < 1.29 is 13.6 Å². The van der Waals surface area contributed by atoms with Crippen molar-refractivity contribution in [3.63, 3.8) is 0 Å². The summed E-state index contributed by atoms with van der Waals surface area (Å²) in [6, 6.07) is 11.0. The second-order valence-electron chi connectivity index (χ2n) is 4.98. The first-order valence-electron chi connectivity index (χ1n) is 6.88. The predicted octanol–water partition coefficient (Wildman–Crippen LogP) is 3.82. The molecule has 0 aliphatic rings. The Hall–Kier alpha value is -1.88. The second-order valence-corrected chi connectivity index (χ2v) is 5.97. The van der Waals surface area contributed by atoms with Crippen molar-refractivity contribution in [3.05, 3.63) is 70.8 Å². The van der Waals surface area contributed by atoms with Crippen molar-refractivity contribution in [1.29, 1.82) is 0 Å². The number of hydrogen-bond donors (Lipinski definition) is 1. The molecule has 0 saturated heterocycles. The van der Waals surface area contributed by atoms with Crippen LogP contribution in [0.5, 0.6) is 0 Å². The Morgan fingerprint density at radius 3 is 2.45 bits per heavy atom. The van der Waals surface area contributed by atoms with E-state index in [0.717, 1.165) is 11.1 Å². The van der Waals surface area contributed by atoms with Gasteiger partial charge >= 0.3 is 0 Å². The van der Waals surface area contributed by atoms with Gasteiger partial charge in [-0.1, -0.05) is 24.3 Å². The fraction of sp³-hybridized carbons (Fsp3) is 0.235. The summed E-state index contributed by atoms with van der Waals surface area (Å²) in [5.41, 5.74) is 2.42. The number of carbonyl (C=O) groups excluding carboxylic acids is 1. The lowest BCUT2D eigenvalue weighted by Gasteiger charge is -2.07. The van der Waals surface area contributed by atoms with Crippen LogP contribution in [0, 0.1) is 18.6 Å². The Kier molecular flexibility index (Phi) is 5.95. The van der Waals surface area contributed by atoms with E-state index >= 15 is 0 Å². The first-order valence-corrected chi connectivity index (χ1v) is 8.04. The van der Waals surface area contributed by atoms with Gasteiger partial charge in [0.05, 0.1) is 5.75 Å². The summed E-state index contributed by atoms with van der Waals surface area (Å²) in [6.07, 6.45) is 0. The van der Waals surface area contributed by atoms with Crippen LogP contribution in [0.2, 0.25) is 0 Å². The van der Waals surface area contributed by atoms with Crippen LogP contribution in [-0.4, -0.2) is 11.7 Å². The molecule has 2 rings (SSSR count). The van der Waals surface area contributed by atoms with Gasteiger partial charge in [-0.2, -0.15) is 0 Å². The van der Waals surface area contributed by atoms with Gasteiger partial charge in [0.2, 0.25) is 5.91 Å². The summed E-state index contributed by atoms with van der Waals surface area (Å²) in [6.45, 7) is 2.08. The van der Waals surface area contributed by atoms with E-state index in [1.807, 2.05) is 0 Å². The molecular formula is C17H17F2NOS. The van der Waals surface area contributed by atoms with Gasteiger partial charge in [-0.05, 0) is 41.8 Å². The first kappa shape index (κ1) is 16.5. The zero-order chi connectivity index (χ0) is 15.9. The van der Waals surface area contributed by atoms with Crippen molar-refractivity contribution >= 4 is 17.7 Å². The highest BCUT2D eigenvalue weighted by Gasteiger charge is 2.04. The van der Waals surface area contributed by atoms with E-state index in [1.54, 1.807) is 31.2 Å². The molecule has 0 heterocycles. The highest BCUT2D eigenvalue weighted by molar-refractivity contribution is 7.99. The normalized spacial score (nSPS) is 10.5. The Balaban J connectivity index is 1.71. The maximum Gasteiger partial charge on any atom is 0.230 e. The van der Waals surface area contributed by atoms with E-state index in [-0.39, 0.29) is 17.5 Å². The van der Waals surface area contributed by atoms with Crippen molar-refractivity contribution in [1.82, 2.24) is 5.32 Å². The number of hydrogen-bond acceptors (Lipinski definition) is 2. The number of aryl methyl sites for hydroxylation is 1. The molecule has 22 heavy (non-hydrogen) atoms. The van der Waals surface area contributed by atoms with E-state index in [9.17, 15) is 13.6 Å². The van der Waals surface area contributed by atoms with Crippen LogP contribution in [0.3, 0.4) is 0 Å². The molecular weight excluding hydrogens is 304 g/mol. The fourth-order valence-corrected chi connectivity index (χ4v) is 2.73. The largest absolute Gasteiger partial charge is 0.351 e. The molecule has 0 bridgehead atoms. The van der Waals surface area contributed by atoms with Crippen molar-refractivity contribution in [3.8, 4) is 0 Å². The molecule has 0 aromatic heterocycles. The van der Waals surface area contributed by atoms with E-state index in [4.69, 9.17) is 0 Å². The van der Waals surface area contributed by atoms with Crippen LogP contribution < -0.4 is 5.32 Å². The highest BCUT2D eigenvalue weighted by atomic mass is 32.2. The molecule has 0 aliphatic carbocycles. The lowest BCUT2D eigenvalue weighted by Crippen LogP contribution is -2.24. The molecule has 116 valence electrons. The summed E-state index contributed by atoms with van der Waals surface area (Å²) < 4.78 is 25.9. The Morgan fingerprint density at radius 1 is 1.09 bits per heavy atom. The molecule has 1 N–H and O–H groups in total. The summed E-state index contributed by atoms with van der Waals surface area (Å²) >= 11 is 1.47. The minimum absolute atomic E-state index is 0.0749. The Bertz CT molecular complexity index is 644. The zero-order valence-electron chi connectivity index (χ0n) is 12.2. The van der Waals surface area contributed by atoms with Gasteiger partial charge in [-0.3, -0.25) is 4.79 Å². The van der Waals surface area contributed by atoms with Crippen LogP contribution in [0.15, 0.2) is 42.5 Å². The molecule has 0 spiro atoms. The molecule has 0 radical (unpaired) electrons. The van der Waals surface area contributed by atoms with Gasteiger partial charge in [-0.25, -0.2) is 8.78 Å². The monoisotopic (exact) mass is 321 g/mol.